The van der Waals surface area contributed by atoms with E-state index >= 15 is 0 Å². The van der Waals surface area contributed by atoms with E-state index in [1.165, 1.54) is 7.05 Å². The van der Waals surface area contributed by atoms with Gasteiger partial charge in [-0.2, -0.15) is 5.26 Å². The molecule has 1 heterocycles. The molecule has 0 saturated carbocycles. The molecule has 0 fully saturated rings. The fourth-order valence-corrected chi connectivity index (χ4v) is 1.71. The Morgan fingerprint density at radius 2 is 2.08 bits per heavy atom. The number of hydrogen-bond acceptors (Lipinski definition) is 4. The van der Waals surface area contributed by atoms with Gasteiger partial charge in [0.2, 0.25) is 0 Å². The molecule has 0 atom stereocenters. The van der Waals surface area contributed by atoms with Crippen molar-refractivity contribution in [2.45, 2.75) is 13.3 Å². The van der Waals surface area contributed by atoms with Crippen molar-refractivity contribution in [2.75, 3.05) is 7.05 Å². The van der Waals surface area contributed by atoms with Crippen LogP contribution in [0.5, 0.6) is 0 Å². The predicted octanol–water partition coefficient (Wildman–Crippen LogP) is -0.811. The molecule has 0 aliphatic carbocycles. The third kappa shape index (κ3) is 6.58. The number of aryl methyl sites for hydroxylation is 1. The van der Waals surface area contributed by atoms with Crippen molar-refractivity contribution < 1.29 is 55.8 Å². The summed E-state index contributed by atoms with van der Waals surface area (Å²) in [5.41, 5.74) is 11.1. The number of hydrogen-bond donors (Lipinski definition) is 3. The van der Waals surface area contributed by atoms with Gasteiger partial charge in [-0.15, -0.1) is 0 Å². The first-order valence-electron chi connectivity index (χ1n) is 6.61. The quantitative estimate of drug-likeness (QED) is 0.275. The number of aromatic nitrogens is 2. The van der Waals surface area contributed by atoms with Gasteiger partial charge in [0.05, 0.1) is 11.3 Å². The average Bonchev–Trinajstić information content (AvgIpc) is 2.84. The summed E-state index contributed by atoms with van der Waals surface area (Å²) in [5, 5.41) is 18.7. The summed E-state index contributed by atoms with van der Waals surface area (Å²) < 4.78 is 14.7. The van der Waals surface area contributed by atoms with Gasteiger partial charge in [-0.3, -0.25) is 5.41 Å². The van der Waals surface area contributed by atoms with Crippen molar-refractivity contribution in [1.29, 1.82) is 10.7 Å². The number of halogens is 1. The van der Waals surface area contributed by atoms with Gasteiger partial charge in [-0.05, 0) is 11.9 Å². The molecule has 1 aromatic rings. The first-order valence-corrected chi connectivity index (χ1v) is 6.61. The molecule has 0 aliphatic rings. The van der Waals surface area contributed by atoms with Gasteiger partial charge in [0.25, 0.3) is 0 Å². The second kappa shape index (κ2) is 12.0. The minimum absolute atomic E-state index is 0. The molecule has 0 bridgehead atoms. The molecule has 0 saturated heterocycles. The molecule has 7 nitrogen and oxygen atoms in total. The number of imidazole rings is 1. The van der Waals surface area contributed by atoms with Gasteiger partial charge >= 0.3 is 51.4 Å². The summed E-state index contributed by atoms with van der Waals surface area (Å²) in [6.45, 7) is 8.82. The average molecular weight is 357 g/mol. The second-order valence-electron chi connectivity index (χ2n) is 4.29. The molecule has 9 heteroatoms. The van der Waals surface area contributed by atoms with E-state index in [0.29, 0.717) is 11.4 Å². The van der Waals surface area contributed by atoms with Crippen molar-refractivity contribution in [3.05, 3.63) is 47.1 Å². The zero-order valence-electron chi connectivity index (χ0n) is 14.5. The van der Waals surface area contributed by atoms with Crippen LogP contribution in [0.4, 0.5) is 4.39 Å². The van der Waals surface area contributed by atoms with Crippen molar-refractivity contribution in [2.24, 2.45) is 18.5 Å². The molecule has 124 valence electrons. The second-order valence-corrected chi connectivity index (χ2v) is 4.29. The zero-order chi connectivity index (χ0) is 18.2. The molecular formula is C15H21FKN7. The van der Waals surface area contributed by atoms with Gasteiger partial charge in [-0.25, -0.2) is 9.37 Å². The Bertz CT molecular complexity index is 683. The van der Waals surface area contributed by atoms with E-state index < -0.39 is 5.83 Å². The number of nitrogens with zero attached hydrogens (tertiary/aromatic N) is 4. The molecular weight excluding hydrogens is 336 g/mol. The van der Waals surface area contributed by atoms with Crippen molar-refractivity contribution in [3.8, 4) is 6.07 Å². The van der Waals surface area contributed by atoms with E-state index in [2.05, 4.69) is 23.5 Å². The summed E-state index contributed by atoms with van der Waals surface area (Å²) in [7, 11) is 3.20. The van der Waals surface area contributed by atoms with Gasteiger partial charge in [-0.1, -0.05) is 27.1 Å². The Hall–Kier alpha value is -1.44. The monoisotopic (exact) mass is 357 g/mol. The summed E-state index contributed by atoms with van der Waals surface area (Å²) in [4.78, 5) is 4.21. The van der Waals surface area contributed by atoms with Crippen LogP contribution in [-0.2, 0) is 13.5 Å². The fourth-order valence-electron chi connectivity index (χ4n) is 1.71. The number of nitrogens with one attached hydrogen (secondary N) is 1. The van der Waals surface area contributed by atoms with Crippen LogP contribution in [0.3, 0.4) is 0 Å². The Morgan fingerprint density at radius 3 is 2.29 bits per heavy atom. The topological polar surface area (TPSA) is 132 Å². The minimum atomic E-state index is -0.468. The van der Waals surface area contributed by atoms with Crippen LogP contribution in [0, 0.1) is 16.7 Å². The largest absolute Gasteiger partial charge is 1.00 e. The molecule has 24 heavy (non-hydrogen) atoms. The predicted molar refractivity (Wildman–Crippen MR) is 90.8 cm³/mol. The number of rotatable bonds is 5. The first-order chi connectivity index (χ1) is 10.7. The van der Waals surface area contributed by atoms with Crippen LogP contribution in [0.2, 0.25) is 0 Å². The van der Waals surface area contributed by atoms with Gasteiger partial charge in [0.1, 0.15) is 29.3 Å². The molecule has 0 amide bonds. The summed E-state index contributed by atoms with van der Waals surface area (Å²) >= 11 is 0. The van der Waals surface area contributed by atoms with E-state index in [1.54, 1.807) is 23.8 Å². The third-order valence-electron chi connectivity index (χ3n) is 2.86. The van der Waals surface area contributed by atoms with Crippen molar-refractivity contribution in [3.63, 3.8) is 0 Å². The van der Waals surface area contributed by atoms with Crippen LogP contribution in [0.1, 0.15) is 24.1 Å². The number of nitriles is 1. The standard InChI is InChI=1S/C10H13FN2.C5H8N5.K/c1-5-8-10(7(3)11)13(4)9(6-2)12-8;1-10-5(9)3(2-6)4(7)8;/h5H,1,3,6H2,2,4H3;9H2,1H3,(H3,7,8);/q;-1;+1/b;5-3-;. The maximum absolute atomic E-state index is 13.0. The molecule has 1 rings (SSSR count). The van der Waals surface area contributed by atoms with Crippen LogP contribution in [-0.4, -0.2) is 22.4 Å². The molecule has 0 aliphatic heterocycles. The maximum atomic E-state index is 13.0. The van der Waals surface area contributed by atoms with E-state index in [4.69, 9.17) is 22.1 Å². The van der Waals surface area contributed by atoms with Crippen LogP contribution < -0.4 is 62.9 Å². The normalized spacial score (nSPS) is 10.1. The Balaban J connectivity index is 0. The SMILES string of the molecule is C=Cc1nc(CC)n(C)c1C(=C)F.C[N-]/C(N)=C(/C#N)C(=N)N.[K+]. The Morgan fingerprint density at radius 1 is 1.54 bits per heavy atom. The van der Waals surface area contributed by atoms with Gasteiger partial charge in [0.15, 0.2) is 0 Å². The minimum Gasteiger partial charge on any atom is -0.494 e. The summed E-state index contributed by atoms with van der Waals surface area (Å²) in [6.07, 6.45) is 2.31. The molecule has 5 N–H and O–H groups in total. The number of amidine groups is 1. The van der Waals surface area contributed by atoms with Crippen LogP contribution in [0.25, 0.3) is 17.2 Å². The molecule has 0 aromatic carbocycles. The van der Waals surface area contributed by atoms with Crippen LogP contribution >= 0.6 is 0 Å². The van der Waals surface area contributed by atoms with E-state index in [9.17, 15) is 4.39 Å². The maximum Gasteiger partial charge on any atom is 1.00 e. The molecule has 0 unspecified atom stereocenters. The zero-order valence-corrected chi connectivity index (χ0v) is 17.6. The molecule has 0 spiro atoms. The first kappa shape index (κ1) is 24.8. The van der Waals surface area contributed by atoms with Crippen molar-refractivity contribution >= 4 is 17.7 Å². The number of nitrogens with two attached hydrogens (primary N) is 2. The fraction of sp³-hybridized carbons (Fsp3) is 0.267. The van der Waals surface area contributed by atoms with Crippen molar-refractivity contribution in [1.82, 2.24) is 9.55 Å². The smallest absolute Gasteiger partial charge is 0.494 e. The Labute approximate surface area is 184 Å². The van der Waals surface area contributed by atoms with Gasteiger partial charge < -0.3 is 21.4 Å². The van der Waals surface area contributed by atoms with Gasteiger partial charge in [0, 0.05) is 13.5 Å². The van der Waals surface area contributed by atoms with E-state index in [-0.39, 0.29) is 68.6 Å². The molecule has 1 aromatic heterocycles. The van der Waals surface area contributed by atoms with E-state index in [1.807, 2.05) is 6.92 Å². The van der Waals surface area contributed by atoms with E-state index in [0.717, 1.165) is 12.2 Å². The summed E-state index contributed by atoms with van der Waals surface area (Å²) in [6, 6.07) is 1.66. The Kier molecular flexibility index (Phi) is 12.4. The molecule has 0 radical (unpaired) electrons. The summed E-state index contributed by atoms with van der Waals surface area (Å²) in [5.74, 6) is 0.00824. The van der Waals surface area contributed by atoms with Crippen LogP contribution in [0.15, 0.2) is 24.6 Å². The third-order valence-corrected chi connectivity index (χ3v) is 2.86.